The number of nitrogens with one attached hydrogen (secondary N) is 1. The summed E-state index contributed by atoms with van der Waals surface area (Å²) in [5.41, 5.74) is 1.23. The first-order valence-corrected chi connectivity index (χ1v) is 12.1. The third kappa shape index (κ3) is 6.40. The summed E-state index contributed by atoms with van der Waals surface area (Å²) >= 11 is 0. The predicted molar refractivity (Wildman–Crippen MR) is 135 cm³/mol. The topological polar surface area (TPSA) is 88.2 Å². The van der Waals surface area contributed by atoms with Crippen molar-refractivity contribution in [3.05, 3.63) is 59.4 Å². The van der Waals surface area contributed by atoms with Gasteiger partial charge in [0.05, 0.1) is 17.7 Å². The fraction of sp³-hybridized carbons (Fsp3) is 0.444. The standard InChI is InChI=1S/C27H34FN3O5/c1-6-25(32)29-21-11-12-22-23(13-21)36-16-18(3)31(26(33)19-7-9-20(28)10-8-19)14-17(2)24(35-5)15-30(4)27(22)34/h7-13,17-18,24H,6,14-16H2,1-5H3,(H,29,32)/t17-,18-,24+/m1/s1. The fourth-order valence-corrected chi connectivity index (χ4v) is 4.14. The SMILES string of the molecule is CCC(=O)Nc1ccc2c(c1)OC[C@@H](C)N(C(=O)c1ccc(F)cc1)C[C@@H](C)[C@@H](OC)CN(C)C2=O. The van der Waals surface area contributed by atoms with E-state index in [0.29, 0.717) is 42.1 Å². The van der Waals surface area contributed by atoms with Crippen LogP contribution in [0.1, 0.15) is 47.9 Å². The number of anilines is 1. The van der Waals surface area contributed by atoms with Gasteiger partial charge in [-0.05, 0) is 43.3 Å². The molecule has 0 saturated heterocycles. The Balaban J connectivity index is 1.99. The molecule has 2 aromatic rings. The molecule has 0 radical (unpaired) electrons. The van der Waals surface area contributed by atoms with E-state index >= 15 is 0 Å². The van der Waals surface area contributed by atoms with E-state index in [9.17, 15) is 18.8 Å². The van der Waals surface area contributed by atoms with E-state index in [0.717, 1.165) is 0 Å². The van der Waals surface area contributed by atoms with Crippen molar-refractivity contribution >= 4 is 23.4 Å². The Bertz CT molecular complexity index is 1090. The molecule has 0 unspecified atom stereocenters. The van der Waals surface area contributed by atoms with Crippen LogP contribution in [-0.2, 0) is 9.53 Å². The maximum atomic E-state index is 13.5. The Morgan fingerprint density at radius 1 is 1.14 bits per heavy atom. The molecular formula is C27H34FN3O5. The predicted octanol–water partition coefficient (Wildman–Crippen LogP) is 3.82. The van der Waals surface area contributed by atoms with Gasteiger partial charge in [-0.3, -0.25) is 14.4 Å². The summed E-state index contributed by atoms with van der Waals surface area (Å²) in [6.07, 6.45) is -0.0187. The monoisotopic (exact) mass is 499 g/mol. The van der Waals surface area contributed by atoms with Crippen molar-refractivity contribution in [1.82, 2.24) is 9.80 Å². The van der Waals surface area contributed by atoms with E-state index < -0.39 is 5.82 Å². The molecule has 8 nitrogen and oxygen atoms in total. The summed E-state index contributed by atoms with van der Waals surface area (Å²) in [4.78, 5) is 41.9. The van der Waals surface area contributed by atoms with E-state index in [1.807, 2.05) is 13.8 Å². The van der Waals surface area contributed by atoms with Crippen molar-refractivity contribution < 1.29 is 28.2 Å². The van der Waals surface area contributed by atoms with Crippen molar-refractivity contribution in [1.29, 1.82) is 0 Å². The molecule has 1 heterocycles. The van der Waals surface area contributed by atoms with Crippen molar-refractivity contribution in [2.24, 2.45) is 5.92 Å². The molecule has 0 fully saturated rings. The first-order chi connectivity index (χ1) is 17.1. The number of likely N-dealkylation sites (N-methyl/N-ethyl adjacent to an activating group) is 1. The Kier molecular flexibility index (Phi) is 9.03. The van der Waals surface area contributed by atoms with Gasteiger partial charge in [0.25, 0.3) is 11.8 Å². The Morgan fingerprint density at radius 2 is 1.83 bits per heavy atom. The molecule has 0 aromatic heterocycles. The lowest BCUT2D eigenvalue weighted by Gasteiger charge is -2.36. The zero-order valence-corrected chi connectivity index (χ0v) is 21.4. The first kappa shape index (κ1) is 27.1. The van der Waals surface area contributed by atoms with E-state index in [4.69, 9.17) is 9.47 Å². The van der Waals surface area contributed by atoms with Crippen molar-refractivity contribution in [3.63, 3.8) is 0 Å². The summed E-state index contributed by atoms with van der Waals surface area (Å²) in [5.74, 6) is -0.863. The highest BCUT2D eigenvalue weighted by atomic mass is 19.1. The van der Waals surface area contributed by atoms with Gasteiger partial charge in [-0.25, -0.2) is 4.39 Å². The second-order valence-corrected chi connectivity index (χ2v) is 9.17. The lowest BCUT2D eigenvalue weighted by atomic mass is 10.0. The van der Waals surface area contributed by atoms with Gasteiger partial charge in [-0.15, -0.1) is 0 Å². The highest BCUT2D eigenvalue weighted by Crippen LogP contribution is 2.27. The number of carbonyl (C=O) groups is 3. The van der Waals surface area contributed by atoms with Gasteiger partial charge >= 0.3 is 0 Å². The smallest absolute Gasteiger partial charge is 0.257 e. The molecule has 3 amide bonds. The molecule has 36 heavy (non-hydrogen) atoms. The van der Waals surface area contributed by atoms with Gasteiger partial charge < -0.3 is 24.6 Å². The zero-order chi connectivity index (χ0) is 26.4. The largest absolute Gasteiger partial charge is 0.491 e. The first-order valence-electron chi connectivity index (χ1n) is 12.1. The number of fused-ring (bicyclic) bond motifs is 1. The van der Waals surface area contributed by atoms with Crippen molar-refractivity contribution in [2.45, 2.75) is 39.3 Å². The van der Waals surface area contributed by atoms with Crippen molar-refractivity contribution in [2.75, 3.05) is 39.2 Å². The molecule has 0 bridgehead atoms. The van der Waals surface area contributed by atoms with Gasteiger partial charge in [0, 0.05) is 56.9 Å². The highest BCUT2D eigenvalue weighted by molar-refractivity contribution is 5.98. The van der Waals surface area contributed by atoms with E-state index in [2.05, 4.69) is 5.32 Å². The van der Waals surface area contributed by atoms with Crippen LogP contribution in [0.25, 0.3) is 0 Å². The molecule has 1 aliphatic rings. The van der Waals surface area contributed by atoms with Crippen LogP contribution in [-0.4, -0.2) is 73.5 Å². The van der Waals surface area contributed by atoms with Crippen LogP contribution in [0, 0.1) is 11.7 Å². The lowest BCUT2D eigenvalue weighted by Crippen LogP contribution is -2.48. The quantitative estimate of drug-likeness (QED) is 0.691. The van der Waals surface area contributed by atoms with Crippen LogP contribution in [0.3, 0.4) is 0 Å². The molecule has 3 atom stereocenters. The number of methoxy groups -OCH3 is 1. The molecule has 3 rings (SSSR count). The third-order valence-electron chi connectivity index (χ3n) is 6.40. The highest BCUT2D eigenvalue weighted by Gasteiger charge is 2.31. The number of rotatable bonds is 4. The van der Waals surface area contributed by atoms with Gasteiger partial charge in [-0.2, -0.15) is 0 Å². The second kappa shape index (κ2) is 12.0. The molecule has 9 heteroatoms. The molecule has 0 spiro atoms. The van der Waals surface area contributed by atoms with Gasteiger partial charge in [0.2, 0.25) is 5.91 Å². The van der Waals surface area contributed by atoms with Gasteiger partial charge in [0.1, 0.15) is 18.2 Å². The van der Waals surface area contributed by atoms with E-state index in [1.165, 1.54) is 24.3 Å². The normalized spacial score (nSPS) is 21.1. The fourth-order valence-electron chi connectivity index (χ4n) is 4.14. The summed E-state index contributed by atoms with van der Waals surface area (Å²) in [6, 6.07) is 9.98. The number of benzene rings is 2. The average Bonchev–Trinajstić information content (AvgIpc) is 2.87. The molecule has 0 aliphatic carbocycles. The van der Waals surface area contributed by atoms with Crippen LogP contribution in [0.2, 0.25) is 0 Å². The minimum Gasteiger partial charge on any atom is -0.491 e. The number of amides is 3. The number of nitrogens with zero attached hydrogens (tertiary/aromatic N) is 2. The molecule has 0 saturated carbocycles. The van der Waals surface area contributed by atoms with Crippen molar-refractivity contribution in [3.8, 4) is 5.75 Å². The van der Waals surface area contributed by atoms with E-state index in [1.54, 1.807) is 49.1 Å². The molecular weight excluding hydrogens is 465 g/mol. The van der Waals surface area contributed by atoms with Crippen LogP contribution in [0.15, 0.2) is 42.5 Å². The van der Waals surface area contributed by atoms with E-state index in [-0.39, 0.29) is 42.4 Å². The van der Waals surface area contributed by atoms with Crippen LogP contribution < -0.4 is 10.1 Å². The molecule has 1 aliphatic heterocycles. The minimum absolute atomic E-state index is 0.104. The maximum Gasteiger partial charge on any atom is 0.257 e. The van der Waals surface area contributed by atoms with Gasteiger partial charge in [-0.1, -0.05) is 13.8 Å². The lowest BCUT2D eigenvalue weighted by molar-refractivity contribution is -0.115. The number of carbonyl (C=O) groups excluding carboxylic acids is 3. The second-order valence-electron chi connectivity index (χ2n) is 9.17. The summed E-state index contributed by atoms with van der Waals surface area (Å²) in [7, 11) is 3.27. The molecule has 194 valence electrons. The number of hydrogen-bond acceptors (Lipinski definition) is 5. The molecule has 2 aromatic carbocycles. The zero-order valence-electron chi connectivity index (χ0n) is 21.4. The number of halogens is 1. The Labute approximate surface area is 211 Å². The summed E-state index contributed by atoms with van der Waals surface area (Å²) in [5, 5.41) is 2.78. The average molecular weight is 500 g/mol. The Hall–Kier alpha value is -3.46. The van der Waals surface area contributed by atoms with Gasteiger partial charge in [0.15, 0.2) is 0 Å². The van der Waals surface area contributed by atoms with Crippen LogP contribution >= 0.6 is 0 Å². The third-order valence-corrected chi connectivity index (χ3v) is 6.40. The summed E-state index contributed by atoms with van der Waals surface area (Å²) in [6.45, 7) is 6.33. The molecule has 1 N–H and O–H groups in total. The van der Waals surface area contributed by atoms with Crippen LogP contribution in [0.5, 0.6) is 5.75 Å². The number of hydrogen-bond donors (Lipinski definition) is 1. The minimum atomic E-state index is -0.417. The Morgan fingerprint density at radius 3 is 2.47 bits per heavy atom. The van der Waals surface area contributed by atoms with Crippen LogP contribution in [0.4, 0.5) is 10.1 Å². The summed E-state index contributed by atoms with van der Waals surface area (Å²) < 4.78 is 25.3. The number of ether oxygens (including phenoxy) is 2. The maximum absolute atomic E-state index is 13.5.